The Labute approximate surface area is 147 Å². The highest BCUT2D eigenvalue weighted by atomic mass is 79.9. The van der Waals surface area contributed by atoms with E-state index in [0.717, 1.165) is 15.4 Å². The number of fused-ring (bicyclic) bond motifs is 1. The van der Waals surface area contributed by atoms with Crippen LogP contribution >= 0.6 is 15.9 Å². The van der Waals surface area contributed by atoms with Crippen LogP contribution in [0.25, 0.3) is 10.9 Å². The summed E-state index contributed by atoms with van der Waals surface area (Å²) in [4.78, 5) is 23.3. The minimum atomic E-state index is -0.127. The van der Waals surface area contributed by atoms with Crippen molar-refractivity contribution in [3.8, 4) is 0 Å². The first-order valence-electron chi connectivity index (χ1n) is 7.44. The number of halogens is 1. The van der Waals surface area contributed by atoms with Crippen LogP contribution < -0.4 is 10.6 Å². The monoisotopic (exact) mass is 385 g/mol. The van der Waals surface area contributed by atoms with Crippen molar-refractivity contribution in [3.05, 3.63) is 59.2 Å². The summed E-state index contributed by atoms with van der Waals surface area (Å²) in [5.74, 6) is -0.239. The van der Waals surface area contributed by atoms with Crippen molar-refractivity contribution in [2.45, 2.75) is 13.5 Å². The molecule has 122 valence electrons. The number of nitrogens with zero attached hydrogens (tertiary/aromatic N) is 1. The first-order chi connectivity index (χ1) is 11.5. The van der Waals surface area contributed by atoms with Gasteiger partial charge in [0.1, 0.15) is 6.54 Å². The molecular weight excluding hydrogens is 370 g/mol. The van der Waals surface area contributed by atoms with Gasteiger partial charge in [-0.15, -0.1) is 0 Å². The van der Waals surface area contributed by atoms with E-state index in [0.29, 0.717) is 11.4 Å². The van der Waals surface area contributed by atoms with Gasteiger partial charge in [-0.2, -0.15) is 0 Å². The molecule has 0 atom stereocenters. The third-order valence-electron chi connectivity index (χ3n) is 3.56. The molecule has 2 N–H and O–H groups in total. The maximum Gasteiger partial charge on any atom is 0.244 e. The van der Waals surface area contributed by atoms with E-state index in [-0.39, 0.29) is 18.4 Å². The number of amides is 2. The maximum atomic E-state index is 12.3. The van der Waals surface area contributed by atoms with Gasteiger partial charge in [-0.1, -0.05) is 22.0 Å². The Morgan fingerprint density at radius 2 is 1.67 bits per heavy atom. The van der Waals surface area contributed by atoms with E-state index in [1.54, 1.807) is 24.3 Å². The average molecular weight is 386 g/mol. The van der Waals surface area contributed by atoms with Gasteiger partial charge in [-0.25, -0.2) is 0 Å². The van der Waals surface area contributed by atoms with E-state index in [2.05, 4.69) is 26.6 Å². The number of carbonyl (C=O) groups is 2. The predicted octanol–water partition coefficient (Wildman–Crippen LogP) is 4.00. The second-order valence-electron chi connectivity index (χ2n) is 5.42. The van der Waals surface area contributed by atoms with Gasteiger partial charge in [0.2, 0.25) is 11.8 Å². The number of nitrogens with one attached hydrogen (secondary N) is 2. The van der Waals surface area contributed by atoms with E-state index in [1.807, 2.05) is 35.0 Å². The molecular formula is C18H16BrN3O2. The van der Waals surface area contributed by atoms with Gasteiger partial charge in [-0.05, 0) is 42.5 Å². The van der Waals surface area contributed by atoms with Crippen LogP contribution in [-0.2, 0) is 16.1 Å². The molecule has 0 spiro atoms. The van der Waals surface area contributed by atoms with Crippen molar-refractivity contribution < 1.29 is 9.59 Å². The van der Waals surface area contributed by atoms with Gasteiger partial charge in [0.05, 0.1) is 0 Å². The lowest BCUT2D eigenvalue weighted by Crippen LogP contribution is -2.18. The van der Waals surface area contributed by atoms with Crippen molar-refractivity contribution in [1.29, 1.82) is 0 Å². The summed E-state index contributed by atoms with van der Waals surface area (Å²) in [6, 6.07) is 14.9. The van der Waals surface area contributed by atoms with Crippen LogP contribution in [0.4, 0.5) is 11.4 Å². The first kappa shape index (κ1) is 16.3. The summed E-state index contributed by atoms with van der Waals surface area (Å²) in [6.45, 7) is 1.68. The normalized spacial score (nSPS) is 10.6. The molecule has 0 aliphatic carbocycles. The molecule has 0 fully saturated rings. The van der Waals surface area contributed by atoms with Crippen LogP contribution in [0.15, 0.2) is 59.2 Å². The molecule has 0 unspecified atom stereocenters. The van der Waals surface area contributed by atoms with Gasteiger partial charge in [-0.3, -0.25) is 9.59 Å². The number of aromatic nitrogens is 1. The van der Waals surface area contributed by atoms with Gasteiger partial charge < -0.3 is 15.2 Å². The summed E-state index contributed by atoms with van der Waals surface area (Å²) in [5.41, 5.74) is 2.38. The highest BCUT2D eigenvalue weighted by Gasteiger charge is 2.08. The molecule has 0 saturated carbocycles. The van der Waals surface area contributed by atoms with Crippen LogP contribution in [0.3, 0.4) is 0 Å². The zero-order valence-electron chi connectivity index (χ0n) is 13.0. The summed E-state index contributed by atoms with van der Waals surface area (Å²) >= 11 is 3.51. The molecule has 2 aromatic carbocycles. The molecule has 1 heterocycles. The van der Waals surface area contributed by atoms with Crippen molar-refractivity contribution in [3.63, 3.8) is 0 Å². The van der Waals surface area contributed by atoms with E-state index < -0.39 is 0 Å². The minimum Gasteiger partial charge on any atom is -0.338 e. The third-order valence-corrected chi connectivity index (χ3v) is 4.25. The fraction of sp³-hybridized carbons (Fsp3) is 0.111. The Bertz CT molecular complexity index is 900. The zero-order valence-corrected chi connectivity index (χ0v) is 14.6. The molecule has 0 radical (unpaired) electrons. The van der Waals surface area contributed by atoms with Crippen molar-refractivity contribution in [2.75, 3.05) is 10.6 Å². The molecule has 0 saturated heterocycles. The highest BCUT2D eigenvalue weighted by Crippen LogP contribution is 2.24. The average Bonchev–Trinajstić information content (AvgIpc) is 2.93. The number of anilines is 2. The Morgan fingerprint density at radius 1 is 1.00 bits per heavy atom. The molecule has 6 heteroatoms. The van der Waals surface area contributed by atoms with Gasteiger partial charge in [0.25, 0.3) is 0 Å². The first-order valence-corrected chi connectivity index (χ1v) is 8.23. The predicted molar refractivity (Wildman–Crippen MR) is 99.0 cm³/mol. The standard InChI is InChI=1S/C18H16BrN3O2/c1-12(23)20-13-5-7-14(8-6-13)21-18(24)11-22-10-9-15-16(19)3-2-4-17(15)22/h2-10H,11H2,1H3,(H,20,23)(H,21,24). The van der Waals surface area contributed by atoms with E-state index in [1.165, 1.54) is 6.92 Å². The summed E-state index contributed by atoms with van der Waals surface area (Å²) in [5, 5.41) is 6.62. The number of carbonyl (C=O) groups excluding carboxylic acids is 2. The molecule has 3 aromatic rings. The minimum absolute atomic E-state index is 0.111. The van der Waals surface area contributed by atoms with Gasteiger partial charge in [0, 0.05) is 39.9 Å². The number of rotatable bonds is 4. The van der Waals surface area contributed by atoms with Gasteiger partial charge in [0.15, 0.2) is 0 Å². The largest absolute Gasteiger partial charge is 0.338 e. The number of hydrogen-bond acceptors (Lipinski definition) is 2. The van der Waals surface area contributed by atoms with Crippen LogP contribution in [0.5, 0.6) is 0 Å². The van der Waals surface area contributed by atoms with Crippen molar-refractivity contribution in [1.82, 2.24) is 4.57 Å². The highest BCUT2D eigenvalue weighted by molar-refractivity contribution is 9.10. The lowest BCUT2D eigenvalue weighted by atomic mass is 10.2. The fourth-order valence-corrected chi connectivity index (χ4v) is 3.01. The Morgan fingerprint density at radius 3 is 2.33 bits per heavy atom. The number of hydrogen-bond donors (Lipinski definition) is 2. The molecule has 2 amide bonds. The van der Waals surface area contributed by atoms with Crippen LogP contribution in [0.1, 0.15) is 6.92 Å². The summed E-state index contributed by atoms with van der Waals surface area (Å²) in [6.07, 6.45) is 1.90. The van der Waals surface area contributed by atoms with Crippen molar-refractivity contribution >= 4 is 50.0 Å². The fourth-order valence-electron chi connectivity index (χ4n) is 2.52. The van der Waals surface area contributed by atoms with Gasteiger partial charge >= 0.3 is 0 Å². The van der Waals surface area contributed by atoms with E-state index in [4.69, 9.17) is 0 Å². The Balaban J connectivity index is 1.69. The van der Waals surface area contributed by atoms with Crippen LogP contribution in [0.2, 0.25) is 0 Å². The molecule has 0 bridgehead atoms. The third kappa shape index (κ3) is 3.65. The zero-order chi connectivity index (χ0) is 17.1. The molecule has 3 rings (SSSR count). The number of benzene rings is 2. The molecule has 1 aromatic heterocycles. The lowest BCUT2D eigenvalue weighted by molar-refractivity contribution is -0.116. The SMILES string of the molecule is CC(=O)Nc1ccc(NC(=O)Cn2ccc3c(Br)cccc32)cc1. The summed E-state index contributed by atoms with van der Waals surface area (Å²) in [7, 11) is 0. The molecule has 0 aliphatic rings. The van der Waals surface area contributed by atoms with E-state index in [9.17, 15) is 9.59 Å². The molecule has 0 aliphatic heterocycles. The quantitative estimate of drug-likeness (QED) is 0.712. The summed E-state index contributed by atoms with van der Waals surface area (Å²) < 4.78 is 2.91. The smallest absolute Gasteiger partial charge is 0.244 e. The Kier molecular flexibility index (Phi) is 4.66. The second kappa shape index (κ2) is 6.88. The topological polar surface area (TPSA) is 63.1 Å². The molecule has 5 nitrogen and oxygen atoms in total. The van der Waals surface area contributed by atoms with Crippen LogP contribution in [-0.4, -0.2) is 16.4 Å². The van der Waals surface area contributed by atoms with E-state index >= 15 is 0 Å². The molecule has 24 heavy (non-hydrogen) atoms. The maximum absolute atomic E-state index is 12.3. The Hall–Kier alpha value is -2.60. The lowest BCUT2D eigenvalue weighted by Gasteiger charge is -2.09. The second-order valence-corrected chi connectivity index (χ2v) is 6.28. The van der Waals surface area contributed by atoms with Crippen molar-refractivity contribution in [2.24, 2.45) is 0 Å². The van der Waals surface area contributed by atoms with Crippen LogP contribution in [0, 0.1) is 0 Å².